The van der Waals surface area contributed by atoms with E-state index in [1.54, 1.807) is 11.0 Å². The lowest BCUT2D eigenvalue weighted by Crippen LogP contribution is -2.24. The number of carbonyl (C=O) groups excluding carboxylic acids is 1. The number of hydrogen-bond donors (Lipinski definition) is 0. The average Bonchev–Trinajstić information content (AvgIpc) is 2.45. The van der Waals surface area contributed by atoms with Crippen LogP contribution in [-0.4, -0.2) is 17.4 Å². The summed E-state index contributed by atoms with van der Waals surface area (Å²) in [4.78, 5) is 16.5. The summed E-state index contributed by atoms with van der Waals surface area (Å²) in [6.07, 6.45) is 1.92. The lowest BCUT2D eigenvalue weighted by Gasteiger charge is -2.15. The van der Waals surface area contributed by atoms with E-state index in [0.717, 1.165) is 0 Å². The van der Waals surface area contributed by atoms with Gasteiger partial charge in [0.15, 0.2) is 0 Å². The van der Waals surface area contributed by atoms with Gasteiger partial charge >= 0.3 is 0 Å². The van der Waals surface area contributed by atoms with Crippen LogP contribution in [0.4, 0.5) is 10.1 Å². The molecule has 1 atom stereocenters. The maximum atomic E-state index is 12.8. The molecule has 0 aliphatic carbocycles. The van der Waals surface area contributed by atoms with Crippen molar-refractivity contribution < 1.29 is 9.18 Å². The first-order valence-electron chi connectivity index (χ1n) is 4.59. The normalized spacial score (nSPS) is 21.7. The van der Waals surface area contributed by atoms with E-state index < -0.39 is 5.95 Å². The van der Waals surface area contributed by atoms with E-state index in [1.165, 1.54) is 12.3 Å². The highest BCUT2D eigenvalue weighted by atomic mass is 19.1. The Balaban J connectivity index is 2.27. The zero-order valence-corrected chi connectivity index (χ0v) is 7.90. The second-order valence-corrected chi connectivity index (χ2v) is 3.65. The first-order valence-corrected chi connectivity index (χ1v) is 4.59. The Morgan fingerprint density at radius 3 is 3.00 bits per heavy atom. The summed E-state index contributed by atoms with van der Waals surface area (Å²) >= 11 is 0. The standard InChI is InChI=1S/C10H11FN2O/c1-7-4-10(14)13(6-7)8-2-3-12-9(11)5-8/h2-3,5,7H,4,6H2,1H3. The number of amides is 1. The fourth-order valence-electron chi connectivity index (χ4n) is 1.70. The maximum absolute atomic E-state index is 12.8. The maximum Gasteiger partial charge on any atom is 0.227 e. The zero-order chi connectivity index (χ0) is 10.1. The third-order valence-electron chi connectivity index (χ3n) is 2.34. The van der Waals surface area contributed by atoms with Gasteiger partial charge in [-0.1, -0.05) is 6.92 Å². The molecule has 1 amide bonds. The minimum absolute atomic E-state index is 0.0584. The average molecular weight is 194 g/mol. The molecule has 4 heteroatoms. The Bertz CT molecular complexity index is 367. The third-order valence-corrected chi connectivity index (χ3v) is 2.34. The van der Waals surface area contributed by atoms with E-state index in [4.69, 9.17) is 0 Å². The number of anilines is 1. The van der Waals surface area contributed by atoms with E-state index in [2.05, 4.69) is 4.98 Å². The van der Waals surface area contributed by atoms with Gasteiger partial charge in [0, 0.05) is 30.9 Å². The molecule has 2 heterocycles. The second kappa shape index (κ2) is 3.36. The Morgan fingerprint density at radius 2 is 2.43 bits per heavy atom. The molecule has 0 spiro atoms. The Labute approximate surface area is 81.6 Å². The van der Waals surface area contributed by atoms with Gasteiger partial charge in [0.1, 0.15) is 0 Å². The first-order chi connectivity index (χ1) is 6.66. The molecule has 1 aliphatic heterocycles. The molecule has 1 fully saturated rings. The van der Waals surface area contributed by atoms with Crippen LogP contribution in [0, 0.1) is 11.9 Å². The van der Waals surface area contributed by atoms with Crippen LogP contribution in [-0.2, 0) is 4.79 Å². The first kappa shape index (κ1) is 9.12. The minimum atomic E-state index is -0.546. The van der Waals surface area contributed by atoms with Crippen molar-refractivity contribution in [2.45, 2.75) is 13.3 Å². The Morgan fingerprint density at radius 1 is 1.64 bits per heavy atom. The molecule has 74 valence electrons. The molecule has 0 radical (unpaired) electrons. The number of carbonyl (C=O) groups is 1. The molecule has 0 N–H and O–H groups in total. The highest BCUT2D eigenvalue weighted by Crippen LogP contribution is 2.24. The van der Waals surface area contributed by atoms with Crippen molar-refractivity contribution in [3.05, 3.63) is 24.3 Å². The number of hydrogen-bond acceptors (Lipinski definition) is 2. The number of halogens is 1. The SMILES string of the molecule is CC1CC(=O)N(c2ccnc(F)c2)C1. The van der Waals surface area contributed by atoms with Crippen LogP contribution in [0.1, 0.15) is 13.3 Å². The van der Waals surface area contributed by atoms with Crippen molar-refractivity contribution in [3.63, 3.8) is 0 Å². The van der Waals surface area contributed by atoms with Crippen LogP contribution in [0.5, 0.6) is 0 Å². The highest BCUT2D eigenvalue weighted by molar-refractivity contribution is 5.95. The lowest BCUT2D eigenvalue weighted by atomic mass is 10.2. The second-order valence-electron chi connectivity index (χ2n) is 3.65. The lowest BCUT2D eigenvalue weighted by molar-refractivity contribution is -0.117. The topological polar surface area (TPSA) is 33.2 Å². The molecule has 1 aliphatic rings. The molecule has 0 saturated carbocycles. The van der Waals surface area contributed by atoms with Crippen LogP contribution in [0.2, 0.25) is 0 Å². The Kier molecular flexibility index (Phi) is 2.19. The number of aromatic nitrogens is 1. The van der Waals surface area contributed by atoms with Gasteiger partial charge in [0.05, 0.1) is 0 Å². The van der Waals surface area contributed by atoms with Gasteiger partial charge in [-0.05, 0) is 12.0 Å². The van der Waals surface area contributed by atoms with Crippen LogP contribution in [0.25, 0.3) is 0 Å². The van der Waals surface area contributed by atoms with Crippen molar-refractivity contribution >= 4 is 11.6 Å². The molecule has 14 heavy (non-hydrogen) atoms. The molecule has 1 aromatic rings. The van der Waals surface area contributed by atoms with E-state index in [9.17, 15) is 9.18 Å². The van der Waals surface area contributed by atoms with Crippen LogP contribution < -0.4 is 4.90 Å². The van der Waals surface area contributed by atoms with Crippen LogP contribution in [0.15, 0.2) is 18.3 Å². The van der Waals surface area contributed by atoms with Gasteiger partial charge in [-0.2, -0.15) is 4.39 Å². The van der Waals surface area contributed by atoms with Crippen molar-refractivity contribution in [1.29, 1.82) is 0 Å². The summed E-state index contributed by atoms with van der Waals surface area (Å²) in [5.74, 6) is -0.142. The summed E-state index contributed by atoms with van der Waals surface area (Å²) < 4.78 is 12.8. The molecule has 0 bridgehead atoms. The van der Waals surface area contributed by atoms with Gasteiger partial charge in [-0.3, -0.25) is 4.79 Å². The molecule has 3 nitrogen and oxygen atoms in total. The van der Waals surface area contributed by atoms with Crippen LogP contribution in [0.3, 0.4) is 0 Å². The van der Waals surface area contributed by atoms with Gasteiger partial charge in [0.25, 0.3) is 0 Å². The number of nitrogens with zero attached hydrogens (tertiary/aromatic N) is 2. The zero-order valence-electron chi connectivity index (χ0n) is 7.90. The molecule has 2 rings (SSSR count). The van der Waals surface area contributed by atoms with E-state index >= 15 is 0 Å². The molecular weight excluding hydrogens is 183 g/mol. The molecule has 0 aromatic carbocycles. The molecule has 1 saturated heterocycles. The summed E-state index contributed by atoms with van der Waals surface area (Å²) in [6.45, 7) is 2.68. The quantitative estimate of drug-likeness (QED) is 0.636. The minimum Gasteiger partial charge on any atom is -0.312 e. The number of rotatable bonds is 1. The largest absolute Gasteiger partial charge is 0.312 e. The van der Waals surface area contributed by atoms with Crippen molar-refractivity contribution in [2.24, 2.45) is 5.92 Å². The molecule has 1 unspecified atom stereocenters. The van der Waals surface area contributed by atoms with Gasteiger partial charge in [0.2, 0.25) is 11.9 Å². The number of pyridine rings is 1. The van der Waals surface area contributed by atoms with Gasteiger partial charge in [-0.25, -0.2) is 4.98 Å². The monoisotopic (exact) mass is 194 g/mol. The predicted octanol–water partition coefficient (Wildman–Crippen LogP) is 1.59. The summed E-state index contributed by atoms with van der Waals surface area (Å²) in [7, 11) is 0. The molecule has 1 aromatic heterocycles. The Hall–Kier alpha value is -1.45. The highest BCUT2D eigenvalue weighted by Gasteiger charge is 2.27. The van der Waals surface area contributed by atoms with Crippen molar-refractivity contribution in [3.8, 4) is 0 Å². The summed E-state index contributed by atoms with van der Waals surface area (Å²) in [5, 5.41) is 0. The van der Waals surface area contributed by atoms with Crippen LogP contribution >= 0.6 is 0 Å². The fraction of sp³-hybridized carbons (Fsp3) is 0.400. The van der Waals surface area contributed by atoms with E-state index in [1.807, 2.05) is 6.92 Å². The van der Waals surface area contributed by atoms with Gasteiger partial charge < -0.3 is 4.90 Å². The fourth-order valence-corrected chi connectivity index (χ4v) is 1.70. The third kappa shape index (κ3) is 1.60. The smallest absolute Gasteiger partial charge is 0.227 e. The van der Waals surface area contributed by atoms with Gasteiger partial charge in [-0.15, -0.1) is 0 Å². The predicted molar refractivity (Wildman–Crippen MR) is 50.3 cm³/mol. The summed E-state index contributed by atoms with van der Waals surface area (Å²) in [5.41, 5.74) is 0.604. The van der Waals surface area contributed by atoms with Crippen molar-refractivity contribution in [2.75, 3.05) is 11.4 Å². The summed E-state index contributed by atoms with van der Waals surface area (Å²) in [6, 6.07) is 2.94. The van der Waals surface area contributed by atoms with Crippen molar-refractivity contribution in [1.82, 2.24) is 4.98 Å². The van der Waals surface area contributed by atoms with E-state index in [-0.39, 0.29) is 5.91 Å². The van der Waals surface area contributed by atoms with E-state index in [0.29, 0.717) is 24.6 Å². The molecular formula is C10H11FN2O.